The summed E-state index contributed by atoms with van der Waals surface area (Å²) in [5.74, 6) is -1.33. The molecular weight excluding hydrogens is 654 g/mol. The van der Waals surface area contributed by atoms with Crippen LogP contribution in [0.4, 0.5) is 20.2 Å². The number of aromatic hydroxyl groups is 1. The van der Waals surface area contributed by atoms with Crippen molar-refractivity contribution in [2.24, 2.45) is 5.41 Å². The lowest BCUT2D eigenvalue weighted by atomic mass is 9.88. The fourth-order valence-corrected chi connectivity index (χ4v) is 8.90. The SMILES string of the molecule is COc1ccc(OC)c(CC(=O)N2c3cccc(O)c3NC3=C(C2c2ccc(OCc4cccc(F)c4)cc2F)S(=O)(=O)CC(C)(C)C3)c1. The van der Waals surface area contributed by atoms with Crippen LogP contribution in [-0.4, -0.2) is 39.4 Å². The van der Waals surface area contributed by atoms with Crippen LogP contribution in [0.2, 0.25) is 0 Å². The molecule has 0 aliphatic carbocycles. The van der Waals surface area contributed by atoms with E-state index in [-0.39, 0.29) is 64.2 Å². The summed E-state index contributed by atoms with van der Waals surface area (Å²) >= 11 is 0. The second-order valence-corrected chi connectivity index (χ2v) is 14.8. The molecule has 2 N–H and O–H groups in total. The zero-order valence-corrected chi connectivity index (χ0v) is 28.2. The van der Waals surface area contributed by atoms with E-state index in [9.17, 15) is 22.7 Å². The highest BCUT2D eigenvalue weighted by Gasteiger charge is 2.47. The molecule has 1 unspecified atom stereocenters. The van der Waals surface area contributed by atoms with Gasteiger partial charge in [0.05, 0.1) is 37.0 Å². The van der Waals surface area contributed by atoms with E-state index < -0.39 is 38.8 Å². The van der Waals surface area contributed by atoms with Crippen molar-refractivity contribution in [1.82, 2.24) is 0 Å². The number of nitrogens with one attached hydrogen (secondary N) is 1. The fourth-order valence-electron chi connectivity index (χ4n) is 6.54. The summed E-state index contributed by atoms with van der Waals surface area (Å²) in [5, 5.41) is 14.2. The van der Waals surface area contributed by atoms with Crippen molar-refractivity contribution < 1.29 is 41.3 Å². The van der Waals surface area contributed by atoms with Crippen LogP contribution in [0.25, 0.3) is 0 Å². The summed E-state index contributed by atoms with van der Waals surface area (Å²) in [6.07, 6.45) is -0.0371. The van der Waals surface area contributed by atoms with Crippen LogP contribution in [0.1, 0.15) is 43.0 Å². The van der Waals surface area contributed by atoms with Crippen LogP contribution >= 0.6 is 0 Å². The molecule has 0 bridgehead atoms. The zero-order chi connectivity index (χ0) is 35.1. The molecular formula is C37H36F2N2O7S. The largest absolute Gasteiger partial charge is 0.506 e. The van der Waals surface area contributed by atoms with Gasteiger partial charge >= 0.3 is 0 Å². The third-order valence-corrected chi connectivity index (χ3v) is 10.9. The average Bonchev–Trinajstić information content (AvgIpc) is 3.18. The van der Waals surface area contributed by atoms with Crippen LogP contribution in [0.3, 0.4) is 0 Å². The molecule has 0 aromatic heterocycles. The van der Waals surface area contributed by atoms with Crippen molar-refractivity contribution >= 4 is 27.1 Å². The van der Waals surface area contributed by atoms with Gasteiger partial charge in [-0.15, -0.1) is 0 Å². The number of ether oxygens (including phenoxy) is 3. The van der Waals surface area contributed by atoms with E-state index in [1.165, 1.54) is 61.6 Å². The van der Waals surface area contributed by atoms with Gasteiger partial charge in [0.2, 0.25) is 5.91 Å². The summed E-state index contributed by atoms with van der Waals surface area (Å²) in [7, 11) is -1.17. The van der Waals surface area contributed by atoms with E-state index in [0.717, 1.165) is 6.07 Å². The van der Waals surface area contributed by atoms with Gasteiger partial charge in [-0.3, -0.25) is 9.69 Å². The summed E-state index contributed by atoms with van der Waals surface area (Å²) in [4.78, 5) is 15.7. The first-order valence-corrected chi connectivity index (χ1v) is 17.2. The van der Waals surface area contributed by atoms with Crippen LogP contribution in [0, 0.1) is 17.0 Å². The molecule has 9 nitrogen and oxygen atoms in total. The Labute approximate surface area is 283 Å². The number of sulfone groups is 1. The quantitative estimate of drug-likeness (QED) is 0.189. The Balaban J connectivity index is 1.52. The van der Waals surface area contributed by atoms with Crippen molar-refractivity contribution in [1.29, 1.82) is 0 Å². The van der Waals surface area contributed by atoms with Gasteiger partial charge in [0.15, 0.2) is 9.84 Å². The van der Waals surface area contributed by atoms with E-state index >= 15 is 4.39 Å². The summed E-state index contributed by atoms with van der Waals surface area (Å²) < 4.78 is 75.3. The zero-order valence-electron chi connectivity index (χ0n) is 27.4. The van der Waals surface area contributed by atoms with Gasteiger partial charge in [-0.2, -0.15) is 0 Å². The number of rotatable bonds is 8. The molecule has 2 aliphatic rings. The van der Waals surface area contributed by atoms with Gasteiger partial charge in [0, 0.05) is 22.9 Å². The number of carbonyl (C=O) groups is 1. The van der Waals surface area contributed by atoms with Crippen molar-refractivity contribution in [2.75, 3.05) is 30.2 Å². The first kappa shape index (κ1) is 33.8. The fraction of sp³-hybridized carbons (Fsp3) is 0.270. The average molecular weight is 691 g/mol. The number of fused-ring (bicyclic) bond motifs is 1. The topological polar surface area (TPSA) is 114 Å². The van der Waals surface area contributed by atoms with Crippen LogP contribution < -0.4 is 24.4 Å². The number of amides is 1. The van der Waals surface area contributed by atoms with Crippen molar-refractivity contribution in [3.8, 4) is 23.0 Å². The molecule has 0 radical (unpaired) electrons. The van der Waals surface area contributed by atoms with Gasteiger partial charge in [0.25, 0.3) is 0 Å². The molecule has 6 rings (SSSR count). The molecule has 0 saturated carbocycles. The maximum Gasteiger partial charge on any atom is 0.232 e. The van der Waals surface area contributed by atoms with Crippen LogP contribution in [0.5, 0.6) is 23.0 Å². The van der Waals surface area contributed by atoms with Gasteiger partial charge in [-0.25, -0.2) is 17.2 Å². The maximum absolute atomic E-state index is 16.5. The highest BCUT2D eigenvalue weighted by atomic mass is 32.2. The number of nitrogens with zero attached hydrogens (tertiary/aromatic N) is 1. The Morgan fingerprint density at radius 2 is 1.73 bits per heavy atom. The van der Waals surface area contributed by atoms with E-state index in [4.69, 9.17) is 14.2 Å². The minimum Gasteiger partial charge on any atom is -0.506 e. The van der Waals surface area contributed by atoms with Gasteiger partial charge in [-0.1, -0.05) is 32.0 Å². The minimum atomic E-state index is -4.12. The number of phenols is 1. The number of halogens is 2. The monoisotopic (exact) mass is 690 g/mol. The molecule has 2 aliphatic heterocycles. The number of hydrogen-bond acceptors (Lipinski definition) is 8. The smallest absolute Gasteiger partial charge is 0.232 e. The maximum atomic E-state index is 16.5. The number of allylic oxidation sites excluding steroid dienone is 1. The highest BCUT2D eigenvalue weighted by Crippen LogP contribution is 2.52. The predicted molar refractivity (Wildman–Crippen MR) is 182 cm³/mol. The molecule has 0 saturated heterocycles. The Kier molecular flexibility index (Phi) is 9.02. The molecule has 0 fully saturated rings. The molecule has 4 aromatic rings. The number of benzene rings is 4. The Morgan fingerprint density at radius 3 is 2.45 bits per heavy atom. The molecule has 12 heteroatoms. The van der Waals surface area contributed by atoms with Gasteiger partial charge in [-0.05, 0) is 72.0 Å². The minimum absolute atomic E-state index is 0.0394. The number of carbonyl (C=O) groups excluding carboxylic acids is 1. The van der Waals surface area contributed by atoms with E-state index in [1.807, 2.05) is 13.8 Å². The van der Waals surface area contributed by atoms with Crippen LogP contribution in [-0.2, 0) is 27.7 Å². The van der Waals surface area contributed by atoms with E-state index in [2.05, 4.69) is 5.32 Å². The molecule has 256 valence electrons. The Morgan fingerprint density at radius 1 is 0.980 bits per heavy atom. The Bertz CT molecular complexity index is 2080. The highest BCUT2D eigenvalue weighted by molar-refractivity contribution is 7.95. The summed E-state index contributed by atoms with van der Waals surface area (Å²) in [5.41, 5.74) is 0.707. The summed E-state index contributed by atoms with van der Waals surface area (Å²) in [6.45, 7) is 3.58. The van der Waals surface area contributed by atoms with Crippen molar-refractivity contribution in [3.05, 3.63) is 118 Å². The van der Waals surface area contributed by atoms with Crippen LogP contribution in [0.15, 0.2) is 89.5 Å². The number of para-hydroxylation sites is 1. The number of anilines is 2. The number of hydrogen-bond donors (Lipinski definition) is 2. The van der Waals surface area contributed by atoms with Crippen molar-refractivity contribution in [2.45, 2.75) is 39.3 Å². The molecule has 1 atom stereocenters. The second kappa shape index (κ2) is 13.1. The Hall–Kier alpha value is -5.10. The molecule has 49 heavy (non-hydrogen) atoms. The normalized spacial score (nSPS) is 17.7. The summed E-state index contributed by atoms with van der Waals surface area (Å²) in [6, 6.07) is 17.8. The third kappa shape index (κ3) is 6.78. The lowest BCUT2D eigenvalue weighted by molar-refractivity contribution is -0.118. The molecule has 1 amide bonds. The molecule has 0 spiro atoms. The van der Waals surface area contributed by atoms with E-state index in [1.54, 1.807) is 30.3 Å². The molecule has 4 aromatic carbocycles. The first-order chi connectivity index (χ1) is 23.3. The lowest BCUT2D eigenvalue weighted by Crippen LogP contribution is -2.42. The lowest BCUT2D eigenvalue weighted by Gasteiger charge is -2.37. The van der Waals surface area contributed by atoms with Gasteiger partial charge in [0.1, 0.15) is 53.0 Å². The van der Waals surface area contributed by atoms with E-state index in [0.29, 0.717) is 22.6 Å². The third-order valence-electron chi connectivity index (χ3n) is 8.59. The number of phenolic OH excluding ortho intramolecular Hbond substituents is 1. The molecule has 2 heterocycles. The van der Waals surface area contributed by atoms with Crippen molar-refractivity contribution in [3.63, 3.8) is 0 Å². The predicted octanol–water partition coefficient (Wildman–Crippen LogP) is 7.07. The first-order valence-electron chi connectivity index (χ1n) is 15.5. The number of methoxy groups -OCH3 is 2. The second-order valence-electron chi connectivity index (χ2n) is 12.9. The van der Waals surface area contributed by atoms with Gasteiger partial charge < -0.3 is 24.6 Å². The standard InChI is InChI=1S/C37H36F2N2O7S/c1-37(2)19-29-36(49(44,45)21-37)35(27-13-11-26(18-28(27)39)48-20-22-7-5-8-24(38)15-22)41(30-9-6-10-31(42)34(30)40-29)33(43)17-23-16-25(46-3)12-14-32(23)47-4/h5-16,18,35,40,42H,17,19-21H2,1-4H3.